The first kappa shape index (κ1) is 17.7. The predicted octanol–water partition coefficient (Wildman–Crippen LogP) is 0.853. The standard InChI is InChI=1S/C15H22N2O5S/c1-10-11(2)17(8-7-16-10)23(19,20)12-5-6-13(15(18)22-4)14(9-12)21-3/h5-6,9-11,16H,7-8H2,1-4H3. The van der Waals surface area contributed by atoms with Crippen molar-refractivity contribution in [1.82, 2.24) is 9.62 Å². The lowest BCUT2D eigenvalue weighted by atomic mass is 10.1. The van der Waals surface area contributed by atoms with E-state index in [1.54, 1.807) is 0 Å². The number of nitrogens with one attached hydrogen (secondary N) is 1. The topological polar surface area (TPSA) is 84.9 Å². The number of carbonyl (C=O) groups excluding carboxylic acids is 1. The lowest BCUT2D eigenvalue weighted by molar-refractivity contribution is 0.0597. The molecular weight excluding hydrogens is 320 g/mol. The van der Waals surface area contributed by atoms with Crippen molar-refractivity contribution in [2.24, 2.45) is 0 Å². The van der Waals surface area contributed by atoms with Crippen LogP contribution in [0.3, 0.4) is 0 Å². The van der Waals surface area contributed by atoms with E-state index in [0.29, 0.717) is 13.1 Å². The minimum Gasteiger partial charge on any atom is -0.496 e. The van der Waals surface area contributed by atoms with Gasteiger partial charge in [0.1, 0.15) is 11.3 Å². The third-order valence-corrected chi connectivity index (χ3v) is 6.14. The van der Waals surface area contributed by atoms with E-state index in [1.807, 2.05) is 13.8 Å². The average molecular weight is 342 g/mol. The maximum absolute atomic E-state index is 12.9. The van der Waals surface area contributed by atoms with Crippen LogP contribution in [0.4, 0.5) is 0 Å². The Kier molecular flexibility index (Phi) is 5.28. The zero-order valence-corrected chi connectivity index (χ0v) is 14.5. The first-order chi connectivity index (χ1) is 10.8. The highest BCUT2D eigenvalue weighted by Gasteiger charge is 2.35. The molecule has 0 bridgehead atoms. The largest absolute Gasteiger partial charge is 0.496 e. The Morgan fingerprint density at radius 1 is 1.30 bits per heavy atom. The molecule has 2 atom stereocenters. The Morgan fingerprint density at radius 2 is 2.00 bits per heavy atom. The highest BCUT2D eigenvalue weighted by molar-refractivity contribution is 7.89. The van der Waals surface area contributed by atoms with Gasteiger partial charge in [-0.25, -0.2) is 13.2 Å². The van der Waals surface area contributed by atoms with E-state index in [2.05, 4.69) is 10.1 Å². The molecule has 0 amide bonds. The van der Waals surface area contributed by atoms with Gasteiger partial charge in [-0.1, -0.05) is 0 Å². The summed E-state index contributed by atoms with van der Waals surface area (Å²) >= 11 is 0. The number of hydrogen-bond acceptors (Lipinski definition) is 6. The van der Waals surface area contributed by atoms with Crippen molar-refractivity contribution >= 4 is 16.0 Å². The van der Waals surface area contributed by atoms with Gasteiger partial charge >= 0.3 is 5.97 Å². The normalized spacial score (nSPS) is 22.6. The van der Waals surface area contributed by atoms with Crippen molar-refractivity contribution in [3.05, 3.63) is 23.8 Å². The number of rotatable bonds is 4. The number of esters is 1. The lowest BCUT2D eigenvalue weighted by Gasteiger charge is -2.37. The van der Waals surface area contributed by atoms with E-state index in [4.69, 9.17) is 4.74 Å². The Bertz CT molecular complexity index is 689. The van der Waals surface area contributed by atoms with Gasteiger partial charge in [-0.3, -0.25) is 0 Å². The molecule has 128 valence electrons. The van der Waals surface area contributed by atoms with Crippen molar-refractivity contribution in [3.63, 3.8) is 0 Å². The van der Waals surface area contributed by atoms with E-state index in [0.717, 1.165) is 0 Å². The SMILES string of the molecule is COC(=O)c1ccc(S(=O)(=O)N2CCNC(C)C2C)cc1OC. The molecule has 23 heavy (non-hydrogen) atoms. The maximum atomic E-state index is 12.9. The molecule has 2 unspecified atom stereocenters. The second-order valence-electron chi connectivity index (χ2n) is 5.45. The van der Waals surface area contributed by atoms with Crippen molar-refractivity contribution in [3.8, 4) is 5.75 Å². The van der Waals surface area contributed by atoms with Crippen molar-refractivity contribution < 1.29 is 22.7 Å². The third-order valence-electron chi connectivity index (χ3n) is 4.16. The molecule has 1 aliphatic heterocycles. The first-order valence-electron chi connectivity index (χ1n) is 7.34. The summed E-state index contributed by atoms with van der Waals surface area (Å²) in [5.74, 6) is -0.399. The van der Waals surface area contributed by atoms with E-state index in [9.17, 15) is 13.2 Å². The quantitative estimate of drug-likeness (QED) is 0.817. The zero-order chi connectivity index (χ0) is 17.2. The van der Waals surface area contributed by atoms with Gasteiger partial charge in [0.15, 0.2) is 0 Å². The van der Waals surface area contributed by atoms with Gasteiger partial charge in [-0.15, -0.1) is 0 Å². The van der Waals surface area contributed by atoms with Crippen LogP contribution in [0.15, 0.2) is 23.1 Å². The molecule has 0 spiro atoms. The molecule has 8 heteroatoms. The molecule has 1 fully saturated rings. The van der Waals surface area contributed by atoms with Gasteiger partial charge in [0.05, 0.1) is 19.1 Å². The van der Waals surface area contributed by atoms with E-state index < -0.39 is 16.0 Å². The molecule has 0 aromatic heterocycles. The van der Waals surface area contributed by atoms with Gasteiger partial charge in [0.25, 0.3) is 0 Å². The van der Waals surface area contributed by atoms with Crippen LogP contribution in [-0.2, 0) is 14.8 Å². The van der Waals surface area contributed by atoms with Crippen LogP contribution in [0.2, 0.25) is 0 Å². The molecule has 1 N–H and O–H groups in total. The first-order valence-corrected chi connectivity index (χ1v) is 8.78. The summed E-state index contributed by atoms with van der Waals surface area (Å²) in [6.45, 7) is 4.82. The molecule has 7 nitrogen and oxygen atoms in total. The van der Waals surface area contributed by atoms with E-state index >= 15 is 0 Å². The number of benzene rings is 1. The number of piperazine rings is 1. The van der Waals surface area contributed by atoms with Crippen LogP contribution in [0, 0.1) is 0 Å². The maximum Gasteiger partial charge on any atom is 0.341 e. The molecule has 1 heterocycles. The molecule has 1 aromatic carbocycles. The molecule has 0 radical (unpaired) electrons. The summed E-state index contributed by atoms with van der Waals surface area (Å²) in [4.78, 5) is 11.8. The van der Waals surface area contributed by atoms with Gasteiger partial charge in [-0.2, -0.15) is 4.31 Å². The summed E-state index contributed by atoms with van der Waals surface area (Å²) < 4.78 is 37.1. The van der Waals surface area contributed by atoms with Crippen LogP contribution in [-0.4, -0.2) is 58.1 Å². The molecule has 1 aliphatic rings. The lowest BCUT2D eigenvalue weighted by Crippen LogP contribution is -2.57. The van der Waals surface area contributed by atoms with Crippen molar-refractivity contribution in [1.29, 1.82) is 0 Å². The second-order valence-corrected chi connectivity index (χ2v) is 7.34. The number of ether oxygens (including phenoxy) is 2. The number of carbonyl (C=O) groups is 1. The molecule has 0 aliphatic carbocycles. The number of methoxy groups -OCH3 is 2. The summed E-state index contributed by atoms with van der Waals surface area (Å²) in [5.41, 5.74) is 0.190. The number of nitrogens with zero attached hydrogens (tertiary/aromatic N) is 1. The van der Waals surface area contributed by atoms with Crippen LogP contribution >= 0.6 is 0 Å². The van der Waals surface area contributed by atoms with Gasteiger partial charge < -0.3 is 14.8 Å². The molecule has 1 aromatic rings. The van der Waals surface area contributed by atoms with Crippen LogP contribution in [0.5, 0.6) is 5.75 Å². The minimum absolute atomic E-state index is 0.0646. The van der Waals surface area contributed by atoms with E-state index in [-0.39, 0.29) is 28.3 Å². The van der Waals surface area contributed by atoms with Crippen LogP contribution in [0.25, 0.3) is 0 Å². The summed E-state index contributed by atoms with van der Waals surface area (Å²) in [5, 5.41) is 3.25. The molecule has 2 rings (SSSR count). The highest BCUT2D eigenvalue weighted by atomic mass is 32.2. The van der Waals surface area contributed by atoms with Gasteiger partial charge in [0.2, 0.25) is 10.0 Å². The van der Waals surface area contributed by atoms with Gasteiger partial charge in [-0.05, 0) is 26.0 Å². The average Bonchev–Trinajstić information content (AvgIpc) is 2.55. The van der Waals surface area contributed by atoms with Crippen LogP contribution < -0.4 is 10.1 Å². The predicted molar refractivity (Wildman–Crippen MR) is 85.2 cm³/mol. The molecule has 0 saturated carbocycles. The minimum atomic E-state index is -3.66. The Morgan fingerprint density at radius 3 is 2.61 bits per heavy atom. The van der Waals surface area contributed by atoms with E-state index in [1.165, 1.54) is 36.7 Å². The highest BCUT2D eigenvalue weighted by Crippen LogP contribution is 2.27. The number of hydrogen-bond donors (Lipinski definition) is 1. The third kappa shape index (κ3) is 3.34. The van der Waals surface area contributed by atoms with Crippen molar-refractivity contribution in [2.75, 3.05) is 27.3 Å². The second kappa shape index (κ2) is 6.86. The fraction of sp³-hybridized carbons (Fsp3) is 0.533. The Balaban J connectivity index is 2.42. The fourth-order valence-electron chi connectivity index (χ4n) is 2.61. The van der Waals surface area contributed by atoms with Gasteiger partial charge in [0, 0.05) is 31.2 Å². The smallest absolute Gasteiger partial charge is 0.341 e. The summed E-state index contributed by atoms with van der Waals surface area (Å²) in [6, 6.07) is 4.08. The summed E-state index contributed by atoms with van der Waals surface area (Å²) in [7, 11) is -1.02. The zero-order valence-electron chi connectivity index (χ0n) is 13.7. The number of sulfonamides is 1. The Hall–Kier alpha value is -1.64. The molecular formula is C15H22N2O5S. The van der Waals surface area contributed by atoms with Crippen molar-refractivity contribution in [2.45, 2.75) is 30.8 Å². The molecule has 1 saturated heterocycles. The van der Waals surface area contributed by atoms with Crippen LogP contribution in [0.1, 0.15) is 24.2 Å². The fourth-order valence-corrected chi connectivity index (χ4v) is 4.33. The monoisotopic (exact) mass is 342 g/mol. The summed E-state index contributed by atoms with van der Waals surface area (Å²) in [6.07, 6.45) is 0. The Labute approximate surface area is 136 Å².